The third-order valence-corrected chi connectivity index (χ3v) is 5.50. The van der Waals surface area contributed by atoms with Gasteiger partial charge in [0.25, 0.3) is 5.91 Å². The van der Waals surface area contributed by atoms with Gasteiger partial charge in [-0.05, 0) is 42.7 Å². The zero-order valence-electron chi connectivity index (χ0n) is 11.4. The maximum atomic E-state index is 12.2. The fourth-order valence-electron chi connectivity index (χ4n) is 1.91. The van der Waals surface area contributed by atoms with Gasteiger partial charge in [0.2, 0.25) is 0 Å². The van der Waals surface area contributed by atoms with Crippen LogP contribution in [-0.2, 0) is 0 Å². The number of carbonyl (C=O) groups excluding carboxylic acids is 1. The van der Waals surface area contributed by atoms with Gasteiger partial charge < -0.3 is 0 Å². The van der Waals surface area contributed by atoms with E-state index in [0.717, 1.165) is 9.60 Å². The van der Waals surface area contributed by atoms with Gasteiger partial charge in [0, 0.05) is 10.5 Å². The van der Waals surface area contributed by atoms with Gasteiger partial charge in [0.15, 0.2) is 5.13 Å². The van der Waals surface area contributed by atoms with Crippen molar-refractivity contribution in [2.45, 2.75) is 4.90 Å². The van der Waals surface area contributed by atoms with Crippen molar-refractivity contribution < 1.29 is 4.79 Å². The molecule has 0 aliphatic heterocycles. The van der Waals surface area contributed by atoms with Crippen LogP contribution in [0.25, 0.3) is 10.2 Å². The van der Waals surface area contributed by atoms with Crippen molar-refractivity contribution in [1.29, 1.82) is 0 Å². The molecule has 0 saturated heterocycles. The predicted octanol–water partition coefficient (Wildman–Crippen LogP) is 5.58. The number of hydrogen-bond donors (Lipinski definition) is 1. The van der Waals surface area contributed by atoms with Crippen molar-refractivity contribution in [3.8, 4) is 0 Å². The van der Waals surface area contributed by atoms with Crippen molar-refractivity contribution in [3.63, 3.8) is 0 Å². The van der Waals surface area contributed by atoms with Gasteiger partial charge in [-0.25, -0.2) is 4.98 Å². The van der Waals surface area contributed by atoms with Crippen LogP contribution in [0.4, 0.5) is 5.13 Å². The number of carbonyl (C=O) groups is 1. The molecule has 1 heterocycles. The summed E-state index contributed by atoms with van der Waals surface area (Å²) in [5.74, 6) is -0.209. The molecular weight excluding hydrogens is 359 g/mol. The number of fused-ring (bicyclic) bond motifs is 1. The van der Waals surface area contributed by atoms with Crippen molar-refractivity contribution in [3.05, 3.63) is 52.0 Å². The molecule has 3 aromatic rings. The lowest BCUT2D eigenvalue weighted by Gasteiger charge is -2.02. The summed E-state index contributed by atoms with van der Waals surface area (Å²) in [5.41, 5.74) is 1.18. The summed E-state index contributed by atoms with van der Waals surface area (Å²) in [6.45, 7) is 0. The van der Waals surface area contributed by atoms with Crippen LogP contribution in [-0.4, -0.2) is 17.1 Å². The van der Waals surface area contributed by atoms with E-state index in [0.29, 0.717) is 26.3 Å². The van der Waals surface area contributed by atoms with Crippen molar-refractivity contribution in [1.82, 2.24) is 4.98 Å². The Morgan fingerprint density at radius 3 is 2.45 bits per heavy atom. The van der Waals surface area contributed by atoms with E-state index in [1.54, 1.807) is 36.0 Å². The summed E-state index contributed by atoms with van der Waals surface area (Å²) in [6.07, 6.45) is 1.99. The molecule has 22 heavy (non-hydrogen) atoms. The van der Waals surface area contributed by atoms with Crippen LogP contribution in [0, 0.1) is 0 Å². The minimum Gasteiger partial charge on any atom is -0.298 e. The summed E-state index contributed by atoms with van der Waals surface area (Å²) in [5, 5.41) is 4.35. The smallest absolute Gasteiger partial charge is 0.257 e. The third kappa shape index (κ3) is 3.08. The zero-order valence-corrected chi connectivity index (χ0v) is 14.5. The Morgan fingerprint density at radius 2 is 1.82 bits per heavy atom. The molecule has 1 amide bonds. The van der Waals surface area contributed by atoms with Crippen LogP contribution in [0.5, 0.6) is 0 Å². The van der Waals surface area contributed by atoms with Crippen LogP contribution in [0.15, 0.2) is 41.3 Å². The number of thioether (sulfide) groups is 1. The Morgan fingerprint density at radius 1 is 1.14 bits per heavy atom. The van der Waals surface area contributed by atoms with Gasteiger partial charge in [0.1, 0.15) is 5.52 Å². The molecule has 0 radical (unpaired) electrons. The Bertz CT molecular complexity index is 808. The number of anilines is 1. The first kappa shape index (κ1) is 15.6. The number of nitrogens with one attached hydrogen (secondary N) is 1. The molecule has 0 unspecified atom stereocenters. The molecule has 3 nitrogen and oxygen atoms in total. The second-order valence-corrected chi connectivity index (χ2v) is 7.10. The number of thiazole rings is 1. The second kappa shape index (κ2) is 6.46. The lowest BCUT2D eigenvalue weighted by molar-refractivity contribution is 0.102. The van der Waals surface area contributed by atoms with Crippen molar-refractivity contribution in [2.24, 2.45) is 0 Å². The molecule has 7 heteroatoms. The van der Waals surface area contributed by atoms with Gasteiger partial charge in [-0.3, -0.25) is 10.1 Å². The number of benzene rings is 2. The molecule has 3 rings (SSSR count). The number of halogens is 2. The molecular formula is C15H10Cl2N2OS2. The van der Waals surface area contributed by atoms with Crippen LogP contribution in [0.3, 0.4) is 0 Å². The Kier molecular flexibility index (Phi) is 4.59. The highest BCUT2D eigenvalue weighted by molar-refractivity contribution is 7.98. The average molecular weight is 369 g/mol. The van der Waals surface area contributed by atoms with E-state index < -0.39 is 0 Å². The maximum absolute atomic E-state index is 12.2. The molecule has 0 atom stereocenters. The van der Waals surface area contributed by atoms with Crippen molar-refractivity contribution >= 4 is 67.6 Å². The highest BCUT2D eigenvalue weighted by atomic mass is 35.5. The first-order valence-electron chi connectivity index (χ1n) is 6.28. The van der Waals surface area contributed by atoms with E-state index in [1.165, 1.54) is 11.3 Å². The van der Waals surface area contributed by atoms with Gasteiger partial charge in [0.05, 0.1) is 14.7 Å². The first-order chi connectivity index (χ1) is 10.6. The summed E-state index contributed by atoms with van der Waals surface area (Å²) >= 11 is 15.2. The fourth-order valence-corrected chi connectivity index (χ4v) is 3.73. The average Bonchev–Trinajstić information content (AvgIpc) is 2.96. The lowest BCUT2D eigenvalue weighted by atomic mass is 10.2. The maximum Gasteiger partial charge on any atom is 0.257 e. The van der Waals surface area contributed by atoms with E-state index >= 15 is 0 Å². The fraction of sp³-hybridized carbons (Fsp3) is 0.0667. The van der Waals surface area contributed by atoms with E-state index in [1.807, 2.05) is 18.4 Å². The van der Waals surface area contributed by atoms with Crippen LogP contribution in [0.2, 0.25) is 10.0 Å². The zero-order chi connectivity index (χ0) is 15.7. The monoisotopic (exact) mass is 368 g/mol. The molecule has 2 aromatic carbocycles. The lowest BCUT2D eigenvalue weighted by Crippen LogP contribution is -2.11. The largest absolute Gasteiger partial charge is 0.298 e. The SMILES string of the molecule is CSc1ccc(C(=O)Nc2nc3c(Cl)ccc(Cl)c3s2)cc1. The Hall–Kier alpha value is -1.27. The molecule has 0 fully saturated rings. The molecule has 0 saturated carbocycles. The van der Waals surface area contributed by atoms with Gasteiger partial charge in [-0.15, -0.1) is 11.8 Å². The summed E-state index contributed by atoms with van der Waals surface area (Å²) in [7, 11) is 0. The highest BCUT2D eigenvalue weighted by Crippen LogP contribution is 2.36. The molecule has 0 spiro atoms. The predicted molar refractivity (Wildman–Crippen MR) is 95.8 cm³/mol. The van der Waals surface area contributed by atoms with Crippen molar-refractivity contribution in [2.75, 3.05) is 11.6 Å². The standard InChI is InChI=1S/C15H10Cl2N2OS2/c1-21-9-4-2-8(3-5-9)14(20)19-15-18-12-10(16)6-7-11(17)13(12)22-15/h2-7H,1H3,(H,18,19,20). The van der Waals surface area contributed by atoms with E-state index in [9.17, 15) is 4.79 Å². The normalized spacial score (nSPS) is 10.9. The first-order valence-corrected chi connectivity index (χ1v) is 9.08. The quantitative estimate of drug-likeness (QED) is 0.613. The topological polar surface area (TPSA) is 42.0 Å². The third-order valence-electron chi connectivity index (χ3n) is 3.02. The van der Waals surface area contributed by atoms with Gasteiger partial charge in [-0.1, -0.05) is 34.5 Å². The Labute approximate surface area is 145 Å². The van der Waals surface area contributed by atoms with Crippen LogP contribution < -0.4 is 5.32 Å². The minimum absolute atomic E-state index is 0.209. The summed E-state index contributed by atoms with van der Waals surface area (Å²) in [6, 6.07) is 10.8. The number of hydrogen-bond acceptors (Lipinski definition) is 4. The van der Waals surface area contributed by atoms with Gasteiger partial charge >= 0.3 is 0 Å². The van der Waals surface area contributed by atoms with Crippen LogP contribution >= 0.6 is 46.3 Å². The Balaban J connectivity index is 1.87. The molecule has 0 aliphatic rings. The molecule has 112 valence electrons. The van der Waals surface area contributed by atoms with E-state index in [4.69, 9.17) is 23.2 Å². The minimum atomic E-state index is -0.209. The number of nitrogens with zero attached hydrogens (tertiary/aromatic N) is 1. The molecule has 0 aliphatic carbocycles. The molecule has 0 bridgehead atoms. The second-order valence-electron chi connectivity index (χ2n) is 4.41. The number of aromatic nitrogens is 1. The van der Waals surface area contributed by atoms with Crippen LogP contribution in [0.1, 0.15) is 10.4 Å². The summed E-state index contributed by atoms with van der Waals surface area (Å²) < 4.78 is 0.766. The van der Waals surface area contributed by atoms with E-state index in [-0.39, 0.29) is 5.91 Å². The molecule has 1 aromatic heterocycles. The number of amides is 1. The van der Waals surface area contributed by atoms with E-state index in [2.05, 4.69) is 10.3 Å². The highest BCUT2D eigenvalue weighted by Gasteiger charge is 2.13. The molecule has 1 N–H and O–H groups in total. The van der Waals surface area contributed by atoms with Gasteiger partial charge in [-0.2, -0.15) is 0 Å². The number of rotatable bonds is 3. The summed E-state index contributed by atoms with van der Waals surface area (Å²) in [4.78, 5) is 17.7.